The summed E-state index contributed by atoms with van der Waals surface area (Å²) in [5.74, 6) is -1.50. The molecule has 54 heavy (non-hydrogen) atoms. The molecule has 0 spiro atoms. The van der Waals surface area contributed by atoms with Gasteiger partial charge in [0, 0.05) is 45.0 Å². The predicted molar refractivity (Wildman–Crippen MR) is 197 cm³/mol. The number of carbonyl (C=O) groups excluding carboxylic acids is 3. The summed E-state index contributed by atoms with van der Waals surface area (Å²) in [5.41, 5.74) is 4.01. The molecule has 1 amide bonds. The first kappa shape index (κ1) is 41.0. The second-order valence-electron chi connectivity index (χ2n) is 12.4. The Morgan fingerprint density at radius 2 is 1.19 bits per heavy atom. The van der Waals surface area contributed by atoms with Crippen LogP contribution in [-0.4, -0.2) is 50.1 Å². The summed E-state index contributed by atoms with van der Waals surface area (Å²) in [6, 6.07) is 21.7. The van der Waals surface area contributed by atoms with Gasteiger partial charge in [-0.3, -0.25) is 14.4 Å². The van der Waals surface area contributed by atoms with Crippen LogP contribution in [0.5, 0.6) is 11.5 Å². The first-order valence-corrected chi connectivity index (χ1v) is 17.1. The Bertz CT molecular complexity index is 2020. The number of benzene rings is 4. The van der Waals surface area contributed by atoms with Crippen LogP contribution >= 0.6 is 0 Å². The Balaban J connectivity index is 0.000000206. The summed E-state index contributed by atoms with van der Waals surface area (Å²) in [4.78, 5) is 33.4. The molecule has 8 nitrogen and oxygen atoms in total. The molecule has 0 radical (unpaired) electrons. The maximum atomic E-state index is 14.2. The number of halogens is 4. The summed E-state index contributed by atoms with van der Waals surface area (Å²) in [5, 5.41) is 3.37. The van der Waals surface area contributed by atoms with Gasteiger partial charge in [0.05, 0.1) is 26.3 Å². The lowest BCUT2D eigenvalue weighted by Gasteiger charge is -2.34. The number of ether oxygens (including phenoxy) is 3. The number of nitrogens with one attached hydrogen (secondary N) is 1. The maximum absolute atomic E-state index is 14.2. The highest BCUT2D eigenvalue weighted by Gasteiger charge is 2.27. The number of hydrogen-bond acceptors (Lipinski definition) is 7. The Labute approximate surface area is 312 Å². The van der Waals surface area contributed by atoms with Gasteiger partial charge in [-0.2, -0.15) is 0 Å². The first-order valence-electron chi connectivity index (χ1n) is 17.1. The predicted octanol–water partition coefficient (Wildman–Crippen LogP) is 8.54. The second-order valence-corrected chi connectivity index (χ2v) is 12.4. The molecular weight excluding hydrogens is 704 g/mol. The van der Waals surface area contributed by atoms with Gasteiger partial charge in [-0.1, -0.05) is 36.4 Å². The van der Waals surface area contributed by atoms with Crippen molar-refractivity contribution < 1.29 is 46.2 Å². The highest BCUT2D eigenvalue weighted by atomic mass is 19.1. The molecule has 0 saturated carbocycles. The SMILES string of the molecule is CC(=O)OC(C)=O.COc1cccc(C2C=C(c3cc(F)ccc3F)CCN2)c1.COc1cccc(C2C=C(c3cc(F)ccc3F)CCN2C(C)=O)c1. The molecule has 4 aromatic carbocycles. The zero-order valence-corrected chi connectivity index (χ0v) is 30.6. The minimum Gasteiger partial charge on any atom is -0.497 e. The van der Waals surface area contributed by atoms with E-state index in [9.17, 15) is 31.9 Å². The average molecular weight is 747 g/mol. The number of rotatable bonds is 6. The van der Waals surface area contributed by atoms with E-state index in [0.29, 0.717) is 42.8 Å². The van der Waals surface area contributed by atoms with Gasteiger partial charge in [0.25, 0.3) is 0 Å². The molecule has 2 heterocycles. The standard InChI is InChI=1S/C20H19F2NO2.C18H17F2NO.C4H6O3/c1-13(24)23-9-8-14(18-12-16(21)6-7-19(18)22)11-20(23)15-4-3-5-17(10-15)25-2;1-22-15-4-2-3-13(9-15)18-10-12(7-8-21-18)16-11-14(19)5-6-17(16)20;1-3(5)7-4(2)6/h3-7,10-12,20H,8-9H2,1-2H3;2-6,9-11,18,21H,7-8H2,1H3;1-2H3. The number of carbonyl (C=O) groups is 3. The quantitative estimate of drug-likeness (QED) is 0.120. The molecule has 0 saturated heterocycles. The van der Waals surface area contributed by atoms with Crippen molar-refractivity contribution in [2.24, 2.45) is 0 Å². The molecule has 2 unspecified atom stereocenters. The first-order chi connectivity index (χ1) is 25.8. The molecule has 0 aliphatic carbocycles. The second kappa shape index (κ2) is 19.4. The lowest BCUT2D eigenvalue weighted by atomic mass is 9.92. The van der Waals surface area contributed by atoms with E-state index in [2.05, 4.69) is 10.1 Å². The van der Waals surface area contributed by atoms with Gasteiger partial charge >= 0.3 is 11.9 Å². The van der Waals surface area contributed by atoms with Gasteiger partial charge in [-0.05, 0) is 95.8 Å². The van der Waals surface area contributed by atoms with E-state index in [0.717, 1.165) is 40.6 Å². The average Bonchev–Trinajstić information content (AvgIpc) is 3.16. The van der Waals surface area contributed by atoms with Crippen LogP contribution in [0.2, 0.25) is 0 Å². The molecule has 2 aliphatic rings. The van der Waals surface area contributed by atoms with Crippen molar-refractivity contribution in [1.82, 2.24) is 10.2 Å². The van der Waals surface area contributed by atoms with Crippen LogP contribution in [0.1, 0.15) is 68.0 Å². The van der Waals surface area contributed by atoms with Crippen LogP contribution in [0.25, 0.3) is 11.1 Å². The van der Waals surface area contributed by atoms with Crippen molar-refractivity contribution in [2.75, 3.05) is 27.3 Å². The van der Waals surface area contributed by atoms with E-state index in [1.807, 2.05) is 60.7 Å². The Morgan fingerprint density at radius 1 is 0.667 bits per heavy atom. The van der Waals surface area contributed by atoms with Gasteiger partial charge in [0.1, 0.15) is 34.8 Å². The summed E-state index contributed by atoms with van der Waals surface area (Å²) in [6.45, 7) is 5.03. The van der Waals surface area contributed by atoms with Gasteiger partial charge in [-0.25, -0.2) is 17.6 Å². The fraction of sp³-hybridized carbons (Fsp3) is 0.262. The van der Waals surface area contributed by atoms with E-state index in [4.69, 9.17) is 9.47 Å². The Kier molecular flexibility index (Phi) is 14.7. The van der Waals surface area contributed by atoms with E-state index in [1.54, 1.807) is 19.1 Å². The molecule has 0 aromatic heterocycles. The van der Waals surface area contributed by atoms with E-state index in [1.165, 1.54) is 39.0 Å². The van der Waals surface area contributed by atoms with Crippen molar-refractivity contribution >= 4 is 29.0 Å². The molecule has 6 rings (SSSR count). The van der Waals surface area contributed by atoms with Crippen LogP contribution in [-0.2, 0) is 19.1 Å². The minimum absolute atomic E-state index is 0.0403. The molecule has 2 aliphatic heterocycles. The molecule has 2 atom stereocenters. The zero-order chi connectivity index (χ0) is 39.4. The summed E-state index contributed by atoms with van der Waals surface area (Å²) >= 11 is 0. The van der Waals surface area contributed by atoms with Crippen molar-refractivity contribution in [1.29, 1.82) is 0 Å². The molecular formula is C42H42F4N2O6. The number of methoxy groups -OCH3 is 2. The van der Waals surface area contributed by atoms with Gasteiger partial charge in [0.2, 0.25) is 5.91 Å². The highest BCUT2D eigenvalue weighted by Crippen LogP contribution is 2.36. The topological polar surface area (TPSA) is 94.2 Å². The molecule has 284 valence electrons. The summed E-state index contributed by atoms with van der Waals surface area (Å²) < 4.78 is 69.5. The zero-order valence-electron chi connectivity index (χ0n) is 30.6. The van der Waals surface area contributed by atoms with Gasteiger partial charge in [-0.15, -0.1) is 0 Å². The molecule has 0 fully saturated rings. The largest absolute Gasteiger partial charge is 0.497 e. The monoisotopic (exact) mass is 746 g/mol. The Morgan fingerprint density at radius 3 is 1.69 bits per heavy atom. The number of nitrogens with zero attached hydrogens (tertiary/aromatic N) is 1. The fourth-order valence-corrected chi connectivity index (χ4v) is 6.09. The molecule has 12 heteroatoms. The van der Waals surface area contributed by atoms with Crippen molar-refractivity contribution in [3.8, 4) is 11.5 Å². The van der Waals surface area contributed by atoms with Crippen LogP contribution in [0.3, 0.4) is 0 Å². The van der Waals surface area contributed by atoms with Crippen LogP contribution in [0.4, 0.5) is 17.6 Å². The maximum Gasteiger partial charge on any atom is 0.310 e. The van der Waals surface area contributed by atoms with Crippen molar-refractivity contribution in [3.63, 3.8) is 0 Å². The number of hydrogen-bond donors (Lipinski definition) is 1. The lowest BCUT2D eigenvalue weighted by Crippen LogP contribution is -2.35. The summed E-state index contributed by atoms with van der Waals surface area (Å²) in [6.07, 6.45) is 4.93. The summed E-state index contributed by atoms with van der Waals surface area (Å²) in [7, 11) is 3.20. The van der Waals surface area contributed by atoms with Crippen molar-refractivity contribution in [3.05, 3.63) is 143 Å². The van der Waals surface area contributed by atoms with Crippen LogP contribution < -0.4 is 14.8 Å². The fourth-order valence-electron chi connectivity index (χ4n) is 6.09. The van der Waals surface area contributed by atoms with Crippen LogP contribution in [0.15, 0.2) is 97.1 Å². The number of esters is 2. The van der Waals surface area contributed by atoms with Gasteiger partial charge < -0.3 is 24.4 Å². The van der Waals surface area contributed by atoms with Crippen molar-refractivity contribution in [2.45, 2.75) is 45.7 Å². The molecule has 0 bridgehead atoms. The number of amides is 1. The third-order valence-electron chi connectivity index (χ3n) is 8.57. The van der Waals surface area contributed by atoms with E-state index >= 15 is 0 Å². The third kappa shape index (κ3) is 11.4. The molecule has 1 N–H and O–H groups in total. The van der Waals surface area contributed by atoms with E-state index in [-0.39, 0.29) is 29.4 Å². The van der Waals surface area contributed by atoms with Gasteiger partial charge in [0.15, 0.2) is 0 Å². The smallest absolute Gasteiger partial charge is 0.310 e. The minimum atomic E-state index is -0.562. The Hall–Kier alpha value is -5.75. The normalized spacial score (nSPS) is 16.3. The third-order valence-corrected chi connectivity index (χ3v) is 8.57. The molecule has 4 aromatic rings. The lowest BCUT2D eigenvalue weighted by molar-refractivity contribution is -0.156. The van der Waals surface area contributed by atoms with Crippen LogP contribution in [0, 0.1) is 23.3 Å². The highest BCUT2D eigenvalue weighted by molar-refractivity contribution is 5.82. The van der Waals surface area contributed by atoms with E-state index < -0.39 is 29.4 Å².